The number of rotatable bonds is 14. The highest BCUT2D eigenvalue weighted by Crippen LogP contribution is 2.27. The molecule has 3 rings (SSSR count). The summed E-state index contributed by atoms with van der Waals surface area (Å²) in [7, 11) is 0. The zero-order valence-corrected chi connectivity index (χ0v) is 23.2. The van der Waals surface area contributed by atoms with Crippen LogP contribution in [-0.4, -0.2) is 49.3 Å². The molecule has 0 aliphatic carbocycles. The van der Waals surface area contributed by atoms with Gasteiger partial charge in [0.25, 0.3) is 5.91 Å². The predicted molar refractivity (Wildman–Crippen MR) is 160 cm³/mol. The van der Waals surface area contributed by atoms with Crippen molar-refractivity contribution < 1.29 is 19.7 Å². The molecule has 0 aromatic heterocycles. The van der Waals surface area contributed by atoms with Gasteiger partial charge in [-0.15, -0.1) is 11.8 Å². The molecular weight excluding hydrogens is 510 g/mol. The van der Waals surface area contributed by atoms with E-state index in [4.69, 9.17) is 10.1 Å². The maximum Gasteiger partial charge on any atom is 0.319 e. The molecule has 5 N–H and O–H groups in total. The molecule has 9 heteroatoms. The molecule has 0 atom stereocenters. The second-order valence-corrected chi connectivity index (χ2v) is 9.35. The van der Waals surface area contributed by atoms with Crippen LogP contribution in [0.5, 0.6) is 5.75 Å². The summed E-state index contributed by atoms with van der Waals surface area (Å²) in [5.41, 5.74) is 3.00. The minimum absolute atomic E-state index is 0.240. The van der Waals surface area contributed by atoms with Gasteiger partial charge in [-0.25, -0.2) is 4.79 Å². The molecule has 0 aliphatic rings. The molecule has 0 bridgehead atoms. The van der Waals surface area contributed by atoms with Crippen molar-refractivity contribution in [2.75, 3.05) is 36.9 Å². The lowest BCUT2D eigenvalue weighted by molar-refractivity contribution is -0.113. The van der Waals surface area contributed by atoms with Crippen LogP contribution in [0.3, 0.4) is 0 Å². The zero-order chi connectivity index (χ0) is 27.9. The number of ether oxygens (including phenoxy) is 1. The quantitative estimate of drug-likeness (QED) is 0.180. The number of hydrogen-bond acceptors (Lipinski definition) is 5. The molecule has 0 aliphatic heterocycles. The van der Waals surface area contributed by atoms with Crippen LogP contribution in [-0.2, 0) is 10.5 Å². The van der Waals surface area contributed by atoms with Gasteiger partial charge in [-0.05, 0) is 43.7 Å². The van der Waals surface area contributed by atoms with Gasteiger partial charge in [0.1, 0.15) is 16.4 Å². The summed E-state index contributed by atoms with van der Waals surface area (Å²) in [6.45, 7) is 5.75. The fourth-order valence-corrected chi connectivity index (χ4v) is 4.82. The van der Waals surface area contributed by atoms with Crippen LogP contribution >= 0.6 is 11.8 Å². The number of thioether (sulfide) groups is 1. The van der Waals surface area contributed by atoms with E-state index < -0.39 is 0 Å². The average molecular weight is 547 g/mol. The number of amides is 3. The number of hydrogen-bond donors (Lipinski definition) is 4. The topological polar surface area (TPSA) is 108 Å². The van der Waals surface area contributed by atoms with Crippen molar-refractivity contribution in [1.29, 1.82) is 0 Å². The first-order valence-corrected chi connectivity index (χ1v) is 13.9. The summed E-state index contributed by atoms with van der Waals surface area (Å²) >= 11 is 1.43. The van der Waals surface area contributed by atoms with Crippen LogP contribution in [0.1, 0.15) is 19.4 Å². The first-order valence-electron chi connectivity index (χ1n) is 12.9. The number of carbonyl (C=O) groups is 2. The average Bonchev–Trinajstić information content (AvgIpc) is 2.96. The highest BCUT2D eigenvalue weighted by atomic mass is 32.2. The second-order valence-electron chi connectivity index (χ2n) is 8.37. The summed E-state index contributed by atoms with van der Waals surface area (Å²) in [5.74, 6) is 0.973. The Morgan fingerprint density at radius 1 is 0.923 bits per heavy atom. The number of urea groups is 1. The predicted octanol–water partition coefficient (Wildman–Crippen LogP) is 4.14. The SMILES string of the molecule is CCOc1ccccc1NC(=O)NCCN(CC)/C(C=[NH2+])=C(\SCc1ccccc1)C(=O)Nc1ccccc1. The lowest BCUT2D eigenvalue weighted by Gasteiger charge is -2.25. The number of nitrogens with zero attached hydrogens (tertiary/aromatic N) is 1. The van der Waals surface area contributed by atoms with Crippen molar-refractivity contribution in [3.8, 4) is 5.75 Å². The number of likely N-dealkylation sites (N-methyl/N-ethyl adjacent to an activating group) is 1. The molecule has 0 spiro atoms. The van der Waals surface area contributed by atoms with E-state index in [1.165, 1.54) is 18.0 Å². The zero-order valence-electron chi connectivity index (χ0n) is 22.4. The Morgan fingerprint density at radius 3 is 2.26 bits per heavy atom. The Hall–Kier alpha value is -4.24. The highest BCUT2D eigenvalue weighted by Gasteiger charge is 2.21. The van der Waals surface area contributed by atoms with Gasteiger partial charge in [0.05, 0.1) is 12.3 Å². The molecule has 0 saturated heterocycles. The fraction of sp³-hybridized carbons (Fsp3) is 0.233. The fourth-order valence-electron chi connectivity index (χ4n) is 3.79. The van der Waals surface area contributed by atoms with Gasteiger partial charge < -0.3 is 25.6 Å². The minimum atomic E-state index is -0.346. The first kappa shape index (κ1) is 29.3. The molecular formula is C30H36N5O3S+. The van der Waals surface area contributed by atoms with E-state index in [-0.39, 0.29) is 11.9 Å². The lowest BCUT2D eigenvalue weighted by atomic mass is 10.2. The molecule has 0 radical (unpaired) electrons. The van der Waals surface area contributed by atoms with Crippen LogP contribution in [0.4, 0.5) is 16.2 Å². The number of nitrogens with one attached hydrogen (secondary N) is 3. The normalized spacial score (nSPS) is 11.1. The molecule has 0 unspecified atom stereocenters. The van der Waals surface area contributed by atoms with Gasteiger partial charge in [0, 0.05) is 31.1 Å². The maximum absolute atomic E-state index is 13.4. The summed E-state index contributed by atoms with van der Waals surface area (Å²) in [4.78, 5) is 28.5. The van der Waals surface area contributed by atoms with E-state index in [0.29, 0.717) is 59.7 Å². The van der Waals surface area contributed by atoms with Crippen molar-refractivity contribution in [2.24, 2.45) is 0 Å². The summed E-state index contributed by atoms with van der Waals surface area (Å²) in [5, 5.41) is 14.8. The number of benzene rings is 3. The highest BCUT2D eigenvalue weighted by molar-refractivity contribution is 8.03. The number of anilines is 2. The third-order valence-electron chi connectivity index (χ3n) is 5.68. The number of allylic oxidation sites excluding steroid dienone is 1. The molecule has 3 amide bonds. The van der Waals surface area contributed by atoms with E-state index in [9.17, 15) is 9.59 Å². The van der Waals surface area contributed by atoms with Crippen molar-refractivity contribution in [2.45, 2.75) is 19.6 Å². The molecule has 3 aromatic carbocycles. The van der Waals surface area contributed by atoms with Crippen LogP contribution < -0.4 is 26.1 Å². The van der Waals surface area contributed by atoms with Crippen molar-refractivity contribution in [3.63, 3.8) is 0 Å². The van der Waals surface area contributed by atoms with Crippen LogP contribution in [0.2, 0.25) is 0 Å². The van der Waals surface area contributed by atoms with E-state index >= 15 is 0 Å². The van der Waals surface area contributed by atoms with Crippen LogP contribution in [0.15, 0.2) is 95.5 Å². The summed E-state index contributed by atoms with van der Waals surface area (Å²) in [6.07, 6.45) is 1.46. The first-order chi connectivity index (χ1) is 19.0. The summed E-state index contributed by atoms with van der Waals surface area (Å²) in [6, 6.07) is 26.2. The van der Waals surface area contributed by atoms with E-state index in [1.54, 1.807) is 12.1 Å². The van der Waals surface area contributed by atoms with Crippen LogP contribution in [0.25, 0.3) is 0 Å². The smallest absolute Gasteiger partial charge is 0.319 e. The number of nitrogens with two attached hydrogens (primary N) is 1. The monoisotopic (exact) mass is 546 g/mol. The number of para-hydroxylation sites is 3. The molecule has 3 aromatic rings. The standard InChI is InChI=1S/C30H35N5O3S/c1-3-35(20-19-32-30(37)34-25-17-11-12-18-27(25)38-4-2)26(21-31)28(39-22-23-13-7-5-8-14-23)29(36)33-24-15-9-6-10-16-24/h5-18,21,31H,3-4,19-20,22H2,1-2H3,(H,33,36)(H2,32,34,37)/p+1/b28-26-,31-21?. The van der Waals surface area contributed by atoms with Crippen molar-refractivity contribution in [3.05, 3.63) is 101 Å². The maximum atomic E-state index is 13.4. The van der Waals surface area contributed by atoms with Crippen molar-refractivity contribution in [1.82, 2.24) is 10.2 Å². The third kappa shape index (κ3) is 9.22. The van der Waals surface area contributed by atoms with Crippen LogP contribution in [0, 0.1) is 0 Å². The van der Waals surface area contributed by atoms with Gasteiger partial charge in [-0.1, -0.05) is 60.7 Å². The Kier molecular flexibility index (Phi) is 11.9. The minimum Gasteiger partial charge on any atom is -0.492 e. The number of carbonyl (C=O) groups excluding carboxylic acids is 2. The van der Waals surface area contributed by atoms with Crippen molar-refractivity contribution >= 4 is 41.3 Å². The summed E-state index contributed by atoms with van der Waals surface area (Å²) < 4.78 is 5.58. The molecule has 8 nitrogen and oxygen atoms in total. The largest absolute Gasteiger partial charge is 0.492 e. The van der Waals surface area contributed by atoms with E-state index in [2.05, 4.69) is 16.0 Å². The molecule has 0 fully saturated rings. The second kappa shape index (κ2) is 15.9. The Balaban J connectivity index is 1.72. The third-order valence-corrected chi connectivity index (χ3v) is 6.84. The van der Waals surface area contributed by atoms with Gasteiger partial charge in [0.2, 0.25) is 0 Å². The van der Waals surface area contributed by atoms with Gasteiger partial charge >= 0.3 is 6.03 Å². The molecule has 0 saturated carbocycles. The molecule has 0 heterocycles. The van der Waals surface area contributed by atoms with E-state index in [0.717, 1.165) is 5.56 Å². The van der Waals surface area contributed by atoms with Gasteiger partial charge in [-0.2, -0.15) is 0 Å². The molecule has 204 valence electrons. The Labute approximate surface area is 234 Å². The Bertz CT molecular complexity index is 1250. The van der Waals surface area contributed by atoms with E-state index in [1.807, 2.05) is 91.5 Å². The molecule has 39 heavy (non-hydrogen) atoms. The lowest BCUT2D eigenvalue weighted by Crippen LogP contribution is -2.41. The van der Waals surface area contributed by atoms with Gasteiger partial charge in [-0.3, -0.25) is 10.2 Å². The Morgan fingerprint density at radius 2 is 1.59 bits per heavy atom. The van der Waals surface area contributed by atoms with Gasteiger partial charge in [0.15, 0.2) is 6.21 Å².